The first-order chi connectivity index (χ1) is 5.65. The van der Waals surface area contributed by atoms with Crippen molar-refractivity contribution in [2.24, 2.45) is 0 Å². The maximum absolute atomic E-state index is 7.35. The van der Waals surface area contributed by atoms with E-state index < -0.39 is 0 Å². The van der Waals surface area contributed by atoms with Gasteiger partial charge in [0.05, 0.1) is 22.5 Å². The molecule has 0 atom stereocenters. The van der Waals surface area contributed by atoms with Gasteiger partial charge in [0.2, 0.25) is 0 Å². The Hall–Kier alpha value is -0.900. The van der Waals surface area contributed by atoms with Gasteiger partial charge in [-0.25, -0.2) is 0 Å². The fourth-order valence-corrected chi connectivity index (χ4v) is 1.28. The van der Waals surface area contributed by atoms with Crippen molar-refractivity contribution in [1.29, 1.82) is 10.8 Å². The first kappa shape index (κ1) is 9.19. The second-order valence-electron chi connectivity index (χ2n) is 2.26. The summed E-state index contributed by atoms with van der Waals surface area (Å²) in [5, 5.41) is 14.7. The molecule has 0 saturated carbocycles. The number of hydrogen-bond donors (Lipinski definition) is 2. The van der Waals surface area contributed by atoms with Crippen LogP contribution in [0.2, 0.25) is 0 Å². The van der Waals surface area contributed by atoms with Crippen molar-refractivity contribution in [2.75, 3.05) is 6.61 Å². The minimum Gasteiger partial charge on any atom is -0.493 e. The molecule has 0 spiro atoms. The maximum Gasteiger partial charge on any atom is 0.135 e. The maximum atomic E-state index is 7.35. The van der Waals surface area contributed by atoms with Crippen molar-refractivity contribution in [3.63, 3.8) is 0 Å². The molecule has 0 aromatic rings. The predicted molar refractivity (Wildman–Crippen MR) is 52.2 cm³/mol. The van der Waals surface area contributed by atoms with Crippen LogP contribution < -0.4 is 0 Å². The van der Waals surface area contributed by atoms with Gasteiger partial charge in [0.1, 0.15) is 5.76 Å². The van der Waals surface area contributed by atoms with Gasteiger partial charge in [0.25, 0.3) is 0 Å². The minimum absolute atomic E-state index is 0.182. The Morgan fingerprint density at radius 2 is 1.92 bits per heavy atom. The molecule has 0 bridgehead atoms. The highest BCUT2D eigenvalue weighted by atomic mass is 79.9. The largest absolute Gasteiger partial charge is 0.493 e. The molecule has 1 aliphatic rings. The van der Waals surface area contributed by atoms with Crippen molar-refractivity contribution in [3.8, 4) is 0 Å². The normalized spacial score (nSPS) is 17.2. The van der Waals surface area contributed by atoms with Crippen LogP contribution in [0.4, 0.5) is 0 Å². The number of ether oxygens (including phenoxy) is 1. The van der Waals surface area contributed by atoms with Gasteiger partial charge in [-0.1, -0.05) is 0 Å². The number of rotatable bonds is 2. The van der Waals surface area contributed by atoms with Crippen molar-refractivity contribution < 1.29 is 4.74 Å². The predicted octanol–water partition coefficient (Wildman–Crippen LogP) is 2.24. The Morgan fingerprint density at radius 3 is 2.50 bits per heavy atom. The van der Waals surface area contributed by atoms with Gasteiger partial charge in [0, 0.05) is 6.08 Å². The van der Waals surface area contributed by atoms with Crippen LogP contribution in [0.25, 0.3) is 0 Å². The van der Waals surface area contributed by atoms with Crippen LogP contribution in [0.5, 0.6) is 0 Å². The molecular weight excluding hydrogens is 220 g/mol. The quantitative estimate of drug-likeness (QED) is 0.701. The summed E-state index contributed by atoms with van der Waals surface area (Å²) in [6.45, 7) is 2.44. The molecule has 1 aliphatic carbocycles. The molecular formula is C8H9BrN2O. The lowest BCUT2D eigenvalue weighted by Crippen LogP contribution is -2.13. The molecule has 0 aromatic carbocycles. The van der Waals surface area contributed by atoms with Gasteiger partial charge < -0.3 is 4.74 Å². The molecule has 0 aliphatic heterocycles. The number of nitrogens with one attached hydrogen (secondary N) is 2. The molecule has 0 fully saturated rings. The van der Waals surface area contributed by atoms with Crippen LogP contribution in [-0.4, -0.2) is 18.0 Å². The third kappa shape index (κ3) is 1.82. The van der Waals surface area contributed by atoms with Crippen molar-refractivity contribution >= 4 is 27.4 Å². The molecule has 0 aromatic heterocycles. The van der Waals surface area contributed by atoms with Gasteiger partial charge >= 0.3 is 0 Å². The van der Waals surface area contributed by atoms with Gasteiger partial charge in [-0.05, 0) is 28.9 Å². The van der Waals surface area contributed by atoms with Crippen LogP contribution in [0.3, 0.4) is 0 Å². The van der Waals surface area contributed by atoms with Crippen LogP contribution in [0.1, 0.15) is 6.92 Å². The first-order valence-corrected chi connectivity index (χ1v) is 4.34. The Morgan fingerprint density at radius 1 is 1.33 bits per heavy atom. The highest BCUT2D eigenvalue weighted by Crippen LogP contribution is 2.21. The Kier molecular flexibility index (Phi) is 2.81. The molecule has 0 heterocycles. The molecule has 1 rings (SSSR count). The van der Waals surface area contributed by atoms with E-state index in [-0.39, 0.29) is 11.4 Å². The van der Waals surface area contributed by atoms with Crippen LogP contribution >= 0.6 is 15.9 Å². The van der Waals surface area contributed by atoms with E-state index in [1.54, 1.807) is 6.08 Å². The van der Waals surface area contributed by atoms with E-state index in [2.05, 4.69) is 15.9 Å². The standard InChI is InChI=1S/C8H9BrN2O/c1-2-12-8-4-7(11)6(10)3-5(8)9/h3-4,10-11H,2H2,1H3. The summed E-state index contributed by atoms with van der Waals surface area (Å²) in [7, 11) is 0. The zero-order valence-corrected chi connectivity index (χ0v) is 8.23. The Bertz CT molecular complexity index is 291. The van der Waals surface area contributed by atoms with Crippen LogP contribution in [0.15, 0.2) is 22.4 Å². The van der Waals surface area contributed by atoms with E-state index in [1.807, 2.05) is 6.92 Å². The molecule has 0 unspecified atom stereocenters. The van der Waals surface area contributed by atoms with E-state index in [1.165, 1.54) is 6.08 Å². The van der Waals surface area contributed by atoms with E-state index in [4.69, 9.17) is 15.6 Å². The summed E-state index contributed by atoms with van der Waals surface area (Å²) in [5.41, 5.74) is 0.381. The molecule has 64 valence electrons. The fraction of sp³-hybridized carbons (Fsp3) is 0.250. The average molecular weight is 229 g/mol. The summed E-state index contributed by atoms with van der Waals surface area (Å²) in [5.74, 6) is 0.624. The third-order valence-corrected chi connectivity index (χ3v) is 1.99. The first-order valence-electron chi connectivity index (χ1n) is 3.54. The topological polar surface area (TPSA) is 56.9 Å². The van der Waals surface area contributed by atoms with E-state index >= 15 is 0 Å². The third-order valence-electron chi connectivity index (χ3n) is 1.37. The lowest BCUT2D eigenvalue weighted by atomic mass is 10.1. The SMILES string of the molecule is CCOC1=CC(=N)C(=N)C=C1Br. The highest BCUT2D eigenvalue weighted by molar-refractivity contribution is 9.12. The van der Waals surface area contributed by atoms with E-state index in [0.717, 1.165) is 4.48 Å². The van der Waals surface area contributed by atoms with Crippen molar-refractivity contribution in [3.05, 3.63) is 22.4 Å². The zero-order valence-electron chi connectivity index (χ0n) is 6.65. The van der Waals surface area contributed by atoms with E-state index in [0.29, 0.717) is 12.4 Å². The van der Waals surface area contributed by atoms with Gasteiger partial charge in [-0.15, -0.1) is 0 Å². The number of allylic oxidation sites excluding steroid dienone is 3. The van der Waals surface area contributed by atoms with E-state index in [9.17, 15) is 0 Å². The minimum atomic E-state index is 0.182. The zero-order chi connectivity index (χ0) is 9.14. The number of hydrogen-bond acceptors (Lipinski definition) is 3. The molecule has 12 heavy (non-hydrogen) atoms. The molecule has 0 amide bonds. The smallest absolute Gasteiger partial charge is 0.135 e. The summed E-state index contributed by atoms with van der Waals surface area (Å²) in [6, 6.07) is 0. The van der Waals surface area contributed by atoms with Crippen molar-refractivity contribution in [1.82, 2.24) is 0 Å². The lowest BCUT2D eigenvalue weighted by Gasteiger charge is -2.12. The fourth-order valence-electron chi connectivity index (χ4n) is 0.820. The summed E-state index contributed by atoms with van der Waals surface area (Å²) in [4.78, 5) is 0. The Labute approximate surface area is 79.3 Å². The second kappa shape index (κ2) is 3.67. The summed E-state index contributed by atoms with van der Waals surface area (Å²) >= 11 is 3.25. The molecule has 3 nitrogen and oxygen atoms in total. The lowest BCUT2D eigenvalue weighted by molar-refractivity contribution is 0.242. The second-order valence-corrected chi connectivity index (χ2v) is 3.12. The average Bonchev–Trinajstić information content (AvgIpc) is 2.01. The highest BCUT2D eigenvalue weighted by Gasteiger charge is 2.13. The van der Waals surface area contributed by atoms with Crippen LogP contribution in [-0.2, 0) is 4.74 Å². The van der Waals surface area contributed by atoms with Crippen molar-refractivity contribution in [2.45, 2.75) is 6.92 Å². The monoisotopic (exact) mass is 228 g/mol. The molecule has 0 radical (unpaired) electrons. The summed E-state index contributed by atoms with van der Waals surface area (Å²) < 4.78 is 5.95. The molecule has 4 heteroatoms. The Balaban J connectivity index is 2.88. The molecule has 0 saturated heterocycles. The number of halogens is 1. The van der Waals surface area contributed by atoms with Crippen LogP contribution in [0, 0.1) is 10.8 Å². The molecule has 2 N–H and O–H groups in total. The summed E-state index contributed by atoms with van der Waals surface area (Å²) in [6.07, 6.45) is 3.10. The van der Waals surface area contributed by atoms with Gasteiger partial charge in [-0.3, -0.25) is 10.8 Å². The van der Waals surface area contributed by atoms with Gasteiger partial charge in [-0.2, -0.15) is 0 Å². The van der Waals surface area contributed by atoms with Gasteiger partial charge in [0.15, 0.2) is 0 Å².